The van der Waals surface area contributed by atoms with Gasteiger partial charge in [-0.1, -0.05) is 6.07 Å². The van der Waals surface area contributed by atoms with Crippen LogP contribution in [0.2, 0.25) is 0 Å². The molecular formula is C25H32O13. The Kier molecular flexibility index (Phi) is 8.02. The van der Waals surface area contributed by atoms with Gasteiger partial charge in [0.05, 0.1) is 32.0 Å². The average molecular weight is 541 g/mol. The van der Waals surface area contributed by atoms with E-state index < -0.39 is 72.8 Å². The molecule has 2 aliphatic heterocycles. The molecule has 2 heterocycles. The van der Waals surface area contributed by atoms with E-state index in [1.165, 1.54) is 38.3 Å². The first-order valence-corrected chi connectivity index (χ1v) is 11.9. The van der Waals surface area contributed by atoms with Crippen molar-refractivity contribution < 1.29 is 64.2 Å². The summed E-state index contributed by atoms with van der Waals surface area (Å²) in [4.78, 5) is 12.8. The Morgan fingerprint density at radius 1 is 1.16 bits per heavy atom. The second kappa shape index (κ2) is 10.8. The number of aromatic hydroxyl groups is 1. The van der Waals surface area contributed by atoms with Gasteiger partial charge in [0.25, 0.3) is 0 Å². The monoisotopic (exact) mass is 540 g/mol. The SMILES string of the molecule is COc1cc(/C=C/C(=O)O[C@@]2(C)C[C@@H](O)[C@]3(O)C=CO[C@@H](O[C@@H]4O[C@H](CO)[C@@H](O)[C@H](O)[C@H]4O)[C@@H]32)ccc1O. The summed E-state index contributed by atoms with van der Waals surface area (Å²) >= 11 is 0. The minimum absolute atomic E-state index is 0.0743. The van der Waals surface area contributed by atoms with Crippen LogP contribution in [0.1, 0.15) is 18.9 Å². The molecule has 13 nitrogen and oxygen atoms in total. The molecular weight excluding hydrogens is 508 g/mol. The van der Waals surface area contributed by atoms with Crippen LogP contribution >= 0.6 is 0 Å². The second-order valence-electron chi connectivity index (χ2n) is 9.72. The van der Waals surface area contributed by atoms with E-state index in [1.807, 2.05) is 0 Å². The fraction of sp³-hybridized carbons (Fsp3) is 0.560. The lowest BCUT2D eigenvalue weighted by Gasteiger charge is -2.45. The average Bonchev–Trinajstić information content (AvgIpc) is 3.08. The van der Waals surface area contributed by atoms with Gasteiger partial charge in [0.15, 0.2) is 17.8 Å². The molecule has 1 saturated heterocycles. The first kappa shape index (κ1) is 28.3. The van der Waals surface area contributed by atoms with Gasteiger partial charge in [0, 0.05) is 12.5 Å². The van der Waals surface area contributed by atoms with Crippen molar-refractivity contribution in [3.8, 4) is 11.5 Å². The number of aliphatic hydroxyl groups excluding tert-OH is 5. The predicted octanol–water partition coefficient (Wildman–Crippen LogP) is -1.49. The molecule has 210 valence electrons. The van der Waals surface area contributed by atoms with Crippen LogP contribution in [0.15, 0.2) is 36.6 Å². The molecule has 0 amide bonds. The van der Waals surface area contributed by atoms with Gasteiger partial charge in [-0.3, -0.25) is 0 Å². The van der Waals surface area contributed by atoms with E-state index in [4.69, 9.17) is 23.7 Å². The van der Waals surface area contributed by atoms with E-state index in [0.717, 1.165) is 12.3 Å². The number of esters is 1. The molecule has 0 aromatic heterocycles. The summed E-state index contributed by atoms with van der Waals surface area (Å²) in [5.41, 5.74) is -2.98. The topological polar surface area (TPSA) is 205 Å². The number of hydrogen-bond acceptors (Lipinski definition) is 13. The van der Waals surface area contributed by atoms with Gasteiger partial charge in [-0.15, -0.1) is 0 Å². The van der Waals surface area contributed by atoms with Crippen molar-refractivity contribution in [3.05, 3.63) is 42.2 Å². The van der Waals surface area contributed by atoms with Gasteiger partial charge in [-0.05, 0) is 36.8 Å². The zero-order valence-corrected chi connectivity index (χ0v) is 20.7. The van der Waals surface area contributed by atoms with Crippen molar-refractivity contribution in [1.82, 2.24) is 0 Å². The molecule has 0 radical (unpaired) electrons. The standard InChI is InChI=1S/C25H32O13/c1-24(38-17(29)6-4-12-3-5-13(27)14(9-12)34-2)10-16(28)25(33)7-8-35-23(21(24)25)37-22-20(32)19(31)18(30)15(11-26)36-22/h3-9,15-16,18-23,26-28,30-33H,10-11H2,1-2H3/b6-4+/t15-,16-,18-,19+,20-,21-,22+,23+,24+,25-/m1/s1. The fourth-order valence-electron chi connectivity index (χ4n) is 5.15. The largest absolute Gasteiger partial charge is 0.504 e. The molecule has 7 N–H and O–H groups in total. The minimum Gasteiger partial charge on any atom is -0.504 e. The van der Waals surface area contributed by atoms with Crippen molar-refractivity contribution in [2.24, 2.45) is 5.92 Å². The third-order valence-corrected chi connectivity index (χ3v) is 7.17. The number of benzene rings is 1. The number of fused-ring (bicyclic) bond motifs is 1. The highest BCUT2D eigenvalue weighted by molar-refractivity contribution is 5.87. The summed E-state index contributed by atoms with van der Waals surface area (Å²) in [6, 6.07) is 4.44. The number of carbonyl (C=O) groups excluding carboxylic acids is 1. The van der Waals surface area contributed by atoms with Crippen LogP contribution in [-0.4, -0.2) is 110 Å². The lowest BCUT2D eigenvalue weighted by Crippen LogP contribution is -2.62. The lowest BCUT2D eigenvalue weighted by atomic mass is 9.81. The van der Waals surface area contributed by atoms with Gasteiger partial charge in [-0.2, -0.15) is 0 Å². The Morgan fingerprint density at radius 2 is 1.89 bits per heavy atom. The van der Waals surface area contributed by atoms with Crippen molar-refractivity contribution in [2.75, 3.05) is 13.7 Å². The molecule has 10 atom stereocenters. The Balaban J connectivity index is 1.54. The summed E-state index contributed by atoms with van der Waals surface area (Å²) < 4.78 is 27.3. The highest BCUT2D eigenvalue weighted by Crippen LogP contribution is 2.51. The van der Waals surface area contributed by atoms with Crippen molar-refractivity contribution in [1.29, 1.82) is 0 Å². The van der Waals surface area contributed by atoms with Crippen LogP contribution in [-0.2, 0) is 23.7 Å². The number of carbonyl (C=O) groups is 1. The molecule has 0 unspecified atom stereocenters. The Morgan fingerprint density at radius 3 is 2.58 bits per heavy atom. The summed E-state index contributed by atoms with van der Waals surface area (Å²) in [6.07, 6.45) is -6.16. The third-order valence-electron chi connectivity index (χ3n) is 7.17. The number of ether oxygens (including phenoxy) is 5. The van der Waals surface area contributed by atoms with E-state index in [1.54, 1.807) is 6.07 Å². The Labute approximate surface area is 217 Å². The Bertz CT molecular complexity index is 1070. The fourth-order valence-corrected chi connectivity index (χ4v) is 5.15. The lowest BCUT2D eigenvalue weighted by molar-refractivity contribution is -0.351. The normalized spacial score (nSPS) is 40.5. The smallest absolute Gasteiger partial charge is 0.331 e. The maximum Gasteiger partial charge on any atom is 0.331 e. The van der Waals surface area contributed by atoms with Crippen molar-refractivity contribution in [3.63, 3.8) is 0 Å². The molecule has 2 fully saturated rings. The van der Waals surface area contributed by atoms with Crippen LogP contribution in [0.4, 0.5) is 0 Å². The van der Waals surface area contributed by atoms with Crippen LogP contribution in [0.3, 0.4) is 0 Å². The van der Waals surface area contributed by atoms with Gasteiger partial charge in [0.2, 0.25) is 6.29 Å². The van der Waals surface area contributed by atoms with Gasteiger partial charge in [-0.25, -0.2) is 4.79 Å². The summed E-state index contributed by atoms with van der Waals surface area (Å²) in [5.74, 6) is -1.92. The van der Waals surface area contributed by atoms with E-state index in [0.29, 0.717) is 5.56 Å². The zero-order chi connectivity index (χ0) is 27.8. The molecule has 1 aromatic rings. The number of phenols is 1. The number of hydrogen-bond donors (Lipinski definition) is 7. The third kappa shape index (κ3) is 5.11. The maximum atomic E-state index is 12.8. The van der Waals surface area contributed by atoms with E-state index in [9.17, 15) is 40.5 Å². The quantitative estimate of drug-likeness (QED) is 0.156. The van der Waals surface area contributed by atoms with Crippen LogP contribution in [0.5, 0.6) is 11.5 Å². The number of methoxy groups -OCH3 is 1. The highest BCUT2D eigenvalue weighted by atomic mass is 16.8. The van der Waals surface area contributed by atoms with Gasteiger partial charge < -0.3 is 59.4 Å². The first-order valence-electron chi connectivity index (χ1n) is 11.9. The van der Waals surface area contributed by atoms with Gasteiger partial charge in [0.1, 0.15) is 35.6 Å². The highest BCUT2D eigenvalue weighted by Gasteiger charge is 2.66. The first-order chi connectivity index (χ1) is 17.9. The van der Waals surface area contributed by atoms with E-state index >= 15 is 0 Å². The van der Waals surface area contributed by atoms with Crippen LogP contribution in [0.25, 0.3) is 6.08 Å². The molecule has 38 heavy (non-hydrogen) atoms. The number of rotatable bonds is 7. The Hall–Kier alpha value is -2.75. The molecule has 1 aromatic carbocycles. The zero-order valence-electron chi connectivity index (χ0n) is 20.7. The van der Waals surface area contributed by atoms with Crippen molar-refractivity contribution in [2.45, 2.75) is 67.6 Å². The van der Waals surface area contributed by atoms with Crippen molar-refractivity contribution >= 4 is 12.0 Å². The van der Waals surface area contributed by atoms with E-state index in [-0.39, 0.29) is 17.9 Å². The molecule has 13 heteroatoms. The molecule has 4 rings (SSSR count). The summed E-state index contributed by atoms with van der Waals surface area (Å²) in [5, 5.41) is 71.7. The maximum absolute atomic E-state index is 12.8. The molecule has 1 aliphatic carbocycles. The second-order valence-corrected chi connectivity index (χ2v) is 9.72. The minimum atomic E-state index is -1.96. The molecule has 1 saturated carbocycles. The summed E-state index contributed by atoms with van der Waals surface area (Å²) in [7, 11) is 1.38. The van der Waals surface area contributed by atoms with Gasteiger partial charge >= 0.3 is 5.97 Å². The molecule has 0 spiro atoms. The molecule has 3 aliphatic rings. The summed E-state index contributed by atoms with van der Waals surface area (Å²) in [6.45, 7) is 0.789. The van der Waals surface area contributed by atoms with Crippen LogP contribution < -0.4 is 4.74 Å². The van der Waals surface area contributed by atoms with E-state index in [2.05, 4.69) is 0 Å². The number of phenolic OH excluding ortho intramolecular Hbond substituents is 1. The molecule has 0 bridgehead atoms. The predicted molar refractivity (Wildman–Crippen MR) is 126 cm³/mol. The van der Waals surface area contributed by atoms with Crippen LogP contribution in [0, 0.1) is 5.92 Å². The number of aliphatic hydroxyl groups is 6.